The van der Waals surface area contributed by atoms with Gasteiger partial charge in [-0.1, -0.05) is 152 Å². The number of nitrogens with zero attached hydrogens (tertiary/aromatic N) is 4. The number of rotatable bonds is 29. The summed E-state index contributed by atoms with van der Waals surface area (Å²) in [7, 11) is -8.54. The fraction of sp³-hybridized carbons (Fsp3) is 0.778. The van der Waals surface area contributed by atoms with Crippen LogP contribution in [0.4, 0.5) is 0 Å². The van der Waals surface area contributed by atoms with Crippen molar-refractivity contribution in [2.75, 3.05) is 91.6 Å². The van der Waals surface area contributed by atoms with E-state index in [4.69, 9.17) is 0 Å². The molecule has 0 aromatic heterocycles. The quantitative estimate of drug-likeness (QED) is 0.0525. The number of aliphatic hydroxyl groups is 4. The molecule has 18 heteroatoms. The van der Waals surface area contributed by atoms with Crippen LogP contribution in [0, 0.1) is 13.8 Å². The Morgan fingerprint density at radius 3 is 0.847 bits per heavy atom. The van der Waals surface area contributed by atoms with Gasteiger partial charge in [0.2, 0.25) is 12.5 Å². The number of benzene rings is 2. The Labute approximate surface area is 457 Å². The van der Waals surface area contributed by atoms with E-state index >= 15 is 0 Å². The zero-order valence-corrected chi connectivity index (χ0v) is 49.4. The van der Waals surface area contributed by atoms with Crippen molar-refractivity contribution in [3.63, 3.8) is 0 Å². The molecule has 4 N–H and O–H groups in total. The summed E-state index contributed by atoms with van der Waals surface area (Å²) >= 11 is 0. The zero-order chi connectivity index (χ0) is 51.3. The van der Waals surface area contributed by atoms with Crippen LogP contribution in [0.5, 0.6) is 0 Å². The number of aryl methyl sites for hydroxylation is 2. The van der Waals surface area contributed by atoms with Crippen molar-refractivity contribution in [1.29, 1.82) is 0 Å². The standard InChI is InChI=1S/C40H82N4O4.2C7H8O3S.2BrH/c1-3-5-7-9-11-13-15-17-19-21-23-41-25-31-43(32-26-41,33-27-41)39(47)37(45)38(46)40(48)44-34-28-42(29-35-44,30-36-44)24-22-20-18-16-14-12-10-8-6-4-2;2*1-6-2-4-7(5-3-6)11(8,9)10;;/h37-40,45-48H,3-36H2,1-2H3;2*2-5H,1H3,(H,8,9,10);2*1H/q+4;;;;/p-4/t37-,38-,39+,40+,41?,42?,43?,44?;;;;/m1..../s1. The van der Waals surface area contributed by atoms with Crippen LogP contribution in [0.1, 0.15) is 153 Å². The van der Waals surface area contributed by atoms with Gasteiger partial charge in [0, 0.05) is 0 Å². The molecule has 0 saturated carbocycles. The zero-order valence-electron chi connectivity index (χ0n) is 44.6. The average Bonchev–Trinajstić information content (AvgIpc) is 3.35. The summed E-state index contributed by atoms with van der Waals surface area (Å²) in [4.78, 5) is -0.355. The van der Waals surface area contributed by atoms with Gasteiger partial charge in [-0.25, -0.2) is 16.8 Å². The lowest BCUT2D eigenvalue weighted by Gasteiger charge is -2.59. The predicted octanol–water partition coefficient (Wildman–Crippen LogP) is 1.31. The lowest BCUT2D eigenvalue weighted by molar-refractivity contribution is -1.10. The molecule has 8 rings (SSSR count). The second-order valence-corrected chi connectivity index (χ2v) is 24.7. The normalized spacial score (nSPS) is 25.1. The van der Waals surface area contributed by atoms with Crippen molar-refractivity contribution in [1.82, 2.24) is 0 Å². The number of piperazine rings is 6. The Morgan fingerprint density at radius 2 is 0.625 bits per heavy atom. The van der Waals surface area contributed by atoms with Gasteiger partial charge in [-0.05, 0) is 63.8 Å². The molecular weight excluding hydrogens is 1090 g/mol. The van der Waals surface area contributed by atoms with E-state index in [1.807, 2.05) is 13.8 Å². The molecule has 4 bridgehead atoms. The largest absolute Gasteiger partial charge is 1.00 e. The first-order valence-corrected chi connectivity index (χ1v) is 30.3. The van der Waals surface area contributed by atoms with Crippen LogP contribution >= 0.6 is 0 Å². The van der Waals surface area contributed by atoms with Gasteiger partial charge in [0.25, 0.3) is 0 Å². The summed E-state index contributed by atoms with van der Waals surface area (Å²) in [6.07, 6.45) is 22.7. The lowest BCUT2D eigenvalue weighted by atomic mass is 9.97. The van der Waals surface area contributed by atoms with Gasteiger partial charge in [0.15, 0.2) is 12.2 Å². The highest BCUT2D eigenvalue weighted by Crippen LogP contribution is 2.34. The predicted molar refractivity (Wildman–Crippen MR) is 275 cm³/mol. The van der Waals surface area contributed by atoms with Crippen LogP contribution in [0.15, 0.2) is 58.3 Å². The molecule has 2 aromatic carbocycles. The summed E-state index contributed by atoms with van der Waals surface area (Å²) in [6, 6.07) is 11.6. The number of quaternary nitrogens is 4. The maximum atomic E-state index is 11.5. The molecule has 6 heterocycles. The van der Waals surface area contributed by atoms with Crippen molar-refractivity contribution in [3.05, 3.63) is 59.7 Å². The van der Waals surface area contributed by atoms with Gasteiger partial charge in [0.05, 0.1) is 22.9 Å². The van der Waals surface area contributed by atoms with Crippen LogP contribution in [0.2, 0.25) is 0 Å². The van der Waals surface area contributed by atoms with Gasteiger partial charge < -0.3 is 72.5 Å². The highest BCUT2D eigenvalue weighted by Gasteiger charge is 2.59. The lowest BCUT2D eigenvalue weighted by Crippen LogP contribution is -3.00. The molecule has 0 radical (unpaired) electrons. The first-order chi connectivity index (χ1) is 33.2. The van der Waals surface area contributed by atoms with Crippen LogP contribution < -0.4 is 34.0 Å². The second-order valence-electron chi connectivity index (χ2n) is 22.0. The van der Waals surface area contributed by atoms with E-state index in [0.717, 1.165) is 89.7 Å². The molecule has 0 spiro atoms. The molecule has 6 fully saturated rings. The minimum atomic E-state index is -4.27. The van der Waals surface area contributed by atoms with E-state index in [-0.39, 0.29) is 43.8 Å². The summed E-state index contributed by atoms with van der Waals surface area (Å²) in [5.41, 5.74) is 1.86. The number of fused-ring (bicyclic) bond motifs is 6. The molecule has 0 aliphatic carbocycles. The van der Waals surface area contributed by atoms with Crippen molar-refractivity contribution < 1.29 is 98.3 Å². The molecule has 72 heavy (non-hydrogen) atoms. The molecule has 6 aliphatic rings. The Hall–Kier alpha value is -1.10. The number of unbranched alkanes of at least 4 members (excludes halogenated alkanes) is 18. The summed E-state index contributed by atoms with van der Waals surface area (Å²) in [5.74, 6) is 0. The van der Waals surface area contributed by atoms with E-state index in [9.17, 15) is 46.4 Å². The van der Waals surface area contributed by atoms with E-state index in [1.165, 1.54) is 175 Å². The Morgan fingerprint density at radius 1 is 0.403 bits per heavy atom. The fourth-order valence-electron chi connectivity index (χ4n) is 11.6. The Balaban J connectivity index is 0.000000605. The monoisotopic (exact) mass is 1180 g/mol. The molecule has 418 valence electrons. The molecule has 2 aromatic rings. The van der Waals surface area contributed by atoms with Gasteiger partial charge in [-0.3, -0.25) is 8.97 Å². The van der Waals surface area contributed by atoms with Gasteiger partial charge in [-0.15, -0.1) is 0 Å². The first kappa shape index (κ1) is 67.0. The topological polar surface area (TPSA) is 195 Å². The van der Waals surface area contributed by atoms with Crippen molar-refractivity contribution in [3.8, 4) is 0 Å². The molecule has 4 atom stereocenters. The van der Waals surface area contributed by atoms with E-state index in [0.29, 0.717) is 8.97 Å². The van der Waals surface area contributed by atoms with Crippen molar-refractivity contribution in [2.24, 2.45) is 0 Å². The highest BCUT2D eigenvalue weighted by molar-refractivity contribution is 7.86. The summed E-state index contributed by atoms with van der Waals surface area (Å²) in [5, 5.41) is 45.8. The van der Waals surface area contributed by atoms with Crippen LogP contribution in [0.3, 0.4) is 0 Å². The Bertz CT molecular complexity index is 1830. The van der Waals surface area contributed by atoms with E-state index in [2.05, 4.69) is 13.8 Å². The van der Waals surface area contributed by atoms with Gasteiger partial charge in [-0.2, -0.15) is 0 Å². The highest BCUT2D eigenvalue weighted by atomic mass is 79.9. The van der Waals surface area contributed by atoms with Crippen LogP contribution in [-0.4, -0.2) is 181 Å². The second kappa shape index (κ2) is 32.6. The number of hydrogen-bond acceptors (Lipinski definition) is 10. The van der Waals surface area contributed by atoms with E-state index in [1.54, 1.807) is 24.3 Å². The third-order valence-corrected chi connectivity index (χ3v) is 18.5. The van der Waals surface area contributed by atoms with Gasteiger partial charge >= 0.3 is 0 Å². The molecule has 0 unspecified atom stereocenters. The minimum Gasteiger partial charge on any atom is -1.00 e. The maximum absolute atomic E-state index is 11.5. The summed E-state index contributed by atoms with van der Waals surface area (Å²) < 4.78 is 65.6. The number of aliphatic hydroxyl groups excluding tert-OH is 4. The van der Waals surface area contributed by atoms with Crippen LogP contribution in [0.25, 0.3) is 0 Å². The minimum absolute atomic E-state index is 0. The SMILES string of the molecule is CCCCCCCCCCCC[N+]12CC[N+]([C@@H](O)[C@H](O)[C@@H](O)[C@H](O)[N+]34CC[N+](CCCCCCCCCCCC)(CC3)CC4)(CC1)CC2.Cc1ccc(S(=O)(=O)[O-])cc1.Cc1ccc(S(=O)(=O)[O-])cc1.[Br-].[Br-]. The average molecular weight is 1190 g/mol. The third-order valence-electron chi connectivity index (χ3n) is 16.8. The van der Waals surface area contributed by atoms with Crippen LogP contribution in [-0.2, 0) is 20.2 Å². The fourth-order valence-corrected chi connectivity index (χ4v) is 12.5. The Kier molecular flexibility index (Phi) is 30.3. The molecule has 14 nitrogen and oxygen atoms in total. The van der Waals surface area contributed by atoms with Crippen molar-refractivity contribution >= 4 is 20.2 Å². The molecule has 0 amide bonds. The third kappa shape index (κ3) is 21.0. The smallest absolute Gasteiger partial charge is 0.220 e. The molecule has 6 saturated heterocycles. The van der Waals surface area contributed by atoms with Crippen molar-refractivity contribution in [2.45, 2.75) is 191 Å². The first-order valence-electron chi connectivity index (χ1n) is 27.4. The number of halogens is 2. The molecular formula is C54H96Br2N4O10S2. The maximum Gasteiger partial charge on any atom is 0.220 e. The van der Waals surface area contributed by atoms with Gasteiger partial charge in [0.1, 0.15) is 98.8 Å². The summed E-state index contributed by atoms with van der Waals surface area (Å²) in [6.45, 7) is 22.2. The molecule has 6 aliphatic heterocycles. The number of hydrogen-bond donors (Lipinski definition) is 4. The van der Waals surface area contributed by atoms with E-state index < -0.39 is 44.9 Å².